The van der Waals surface area contributed by atoms with E-state index in [4.69, 9.17) is 52.5 Å². The zero-order chi connectivity index (χ0) is 21.0. The molecule has 29 heavy (non-hydrogen) atoms. The van der Waals surface area contributed by atoms with Crippen molar-refractivity contribution in [3.63, 3.8) is 0 Å². The monoisotopic (exact) mass is 582 g/mol. The molecule has 0 bridgehead atoms. The summed E-state index contributed by atoms with van der Waals surface area (Å²) in [5.74, 6) is -1.39. The molecule has 9 heteroatoms. The van der Waals surface area contributed by atoms with E-state index in [0.29, 0.717) is 3.57 Å². The van der Waals surface area contributed by atoms with Crippen molar-refractivity contribution in [2.24, 2.45) is 0 Å². The Labute approximate surface area is 195 Å². The number of rotatable bonds is 5. The van der Waals surface area contributed by atoms with Gasteiger partial charge in [-0.1, -0.05) is 0 Å². The van der Waals surface area contributed by atoms with Crippen LogP contribution in [0.2, 0.25) is 20.1 Å². The summed E-state index contributed by atoms with van der Waals surface area (Å²) in [5, 5.41) is 1.15. The maximum absolute atomic E-state index is 12.6. The van der Waals surface area contributed by atoms with Crippen molar-refractivity contribution >= 4 is 79.0 Å². The molecule has 0 unspecified atom stereocenters. The molecular formula is C20H11Cl4IO4. The van der Waals surface area contributed by atoms with Gasteiger partial charge in [0.2, 0.25) is 0 Å². The molecule has 0 amide bonds. The van der Waals surface area contributed by atoms with E-state index in [0.717, 1.165) is 0 Å². The van der Waals surface area contributed by atoms with E-state index < -0.39 is 32.6 Å². The van der Waals surface area contributed by atoms with Crippen LogP contribution in [0.1, 0.15) is 20.7 Å². The zero-order valence-corrected chi connectivity index (χ0v) is 19.6. The number of benzene rings is 3. The molecule has 0 aliphatic heterocycles. The Bertz CT molecular complexity index is 954. The standard InChI is InChI=1S/C20H11Cl4IO4/c21-14-6-12(7-15(22)10-14)19(26)28-25(18-4-2-1-3-5-18)29-20(27)13-8-16(23)11-17(24)9-13/h1-11H. The van der Waals surface area contributed by atoms with Gasteiger partial charge in [0.05, 0.1) is 0 Å². The fourth-order valence-electron chi connectivity index (χ4n) is 2.18. The second-order valence-corrected chi connectivity index (χ2v) is 10.7. The molecule has 0 N–H and O–H groups in total. The van der Waals surface area contributed by atoms with E-state index in [-0.39, 0.29) is 31.2 Å². The first kappa shape index (κ1) is 22.2. The van der Waals surface area contributed by atoms with Crippen molar-refractivity contribution in [2.75, 3.05) is 0 Å². The molecule has 150 valence electrons. The molecule has 0 fully saturated rings. The maximum atomic E-state index is 12.6. The predicted molar refractivity (Wildman–Crippen MR) is 123 cm³/mol. The first-order valence-electron chi connectivity index (χ1n) is 7.94. The molecule has 4 nitrogen and oxygen atoms in total. The quantitative estimate of drug-likeness (QED) is 0.292. The second-order valence-electron chi connectivity index (χ2n) is 5.56. The van der Waals surface area contributed by atoms with Crippen LogP contribution < -0.4 is 0 Å². The molecule has 0 spiro atoms. The third-order valence-corrected chi connectivity index (χ3v) is 7.60. The van der Waals surface area contributed by atoms with Gasteiger partial charge in [0.25, 0.3) is 0 Å². The van der Waals surface area contributed by atoms with E-state index in [2.05, 4.69) is 0 Å². The van der Waals surface area contributed by atoms with Crippen LogP contribution in [0.3, 0.4) is 0 Å². The third-order valence-electron chi connectivity index (χ3n) is 3.39. The van der Waals surface area contributed by atoms with Crippen molar-refractivity contribution in [3.8, 4) is 0 Å². The van der Waals surface area contributed by atoms with Gasteiger partial charge in [0.1, 0.15) is 0 Å². The fourth-order valence-corrected chi connectivity index (χ4v) is 6.07. The molecule has 0 saturated carbocycles. The van der Waals surface area contributed by atoms with E-state index >= 15 is 0 Å². The molecule has 0 aliphatic carbocycles. The molecule has 0 atom stereocenters. The predicted octanol–water partition coefficient (Wildman–Crippen LogP) is 7.52. The van der Waals surface area contributed by atoms with Gasteiger partial charge in [0.15, 0.2) is 0 Å². The van der Waals surface area contributed by atoms with Crippen LogP contribution in [0.4, 0.5) is 0 Å². The molecule has 3 rings (SSSR count). The Kier molecular flexibility index (Phi) is 7.65. The summed E-state index contributed by atoms with van der Waals surface area (Å²) in [4.78, 5) is 25.3. The van der Waals surface area contributed by atoms with Crippen molar-refractivity contribution in [2.45, 2.75) is 0 Å². The molecule has 0 heterocycles. The van der Waals surface area contributed by atoms with Gasteiger partial charge in [-0.3, -0.25) is 0 Å². The van der Waals surface area contributed by atoms with Gasteiger partial charge < -0.3 is 0 Å². The minimum atomic E-state index is -3.20. The number of hydrogen-bond donors (Lipinski definition) is 0. The van der Waals surface area contributed by atoms with Crippen LogP contribution in [0.5, 0.6) is 0 Å². The van der Waals surface area contributed by atoms with Crippen molar-refractivity contribution in [3.05, 3.63) is 102 Å². The van der Waals surface area contributed by atoms with Gasteiger partial charge >= 0.3 is 196 Å². The van der Waals surface area contributed by atoms with Crippen LogP contribution >= 0.6 is 67.1 Å². The average molecular weight is 584 g/mol. The van der Waals surface area contributed by atoms with Crippen molar-refractivity contribution in [1.82, 2.24) is 0 Å². The van der Waals surface area contributed by atoms with Gasteiger partial charge in [0, 0.05) is 0 Å². The Hall–Kier alpha value is -1.51. The summed E-state index contributed by atoms with van der Waals surface area (Å²) in [6, 6.07) is 17.5. The zero-order valence-electron chi connectivity index (χ0n) is 14.4. The van der Waals surface area contributed by atoms with Crippen LogP contribution in [0.25, 0.3) is 0 Å². The van der Waals surface area contributed by atoms with Crippen molar-refractivity contribution in [1.29, 1.82) is 0 Å². The Balaban J connectivity index is 1.87. The van der Waals surface area contributed by atoms with Crippen LogP contribution in [-0.4, -0.2) is 11.9 Å². The molecule has 3 aromatic carbocycles. The van der Waals surface area contributed by atoms with E-state index in [1.807, 2.05) is 0 Å². The SMILES string of the molecule is O=C(OI(OC(=O)c1cc(Cl)cc(Cl)c1)c1ccccc1)c1cc(Cl)cc(Cl)c1. The number of halogens is 5. The number of carbonyl (C=O) groups excluding carboxylic acids is 2. The summed E-state index contributed by atoms with van der Waals surface area (Å²) in [6.45, 7) is 0. The van der Waals surface area contributed by atoms with Crippen LogP contribution in [0, 0.1) is 3.57 Å². The average Bonchev–Trinajstić information content (AvgIpc) is 2.66. The molecular weight excluding hydrogens is 573 g/mol. The Morgan fingerprint density at radius 1 is 0.621 bits per heavy atom. The number of hydrogen-bond acceptors (Lipinski definition) is 4. The van der Waals surface area contributed by atoms with Gasteiger partial charge in [-0.15, -0.1) is 0 Å². The van der Waals surface area contributed by atoms with E-state index in [9.17, 15) is 9.59 Å². The Morgan fingerprint density at radius 3 is 1.38 bits per heavy atom. The minimum absolute atomic E-state index is 0.155. The molecule has 0 radical (unpaired) electrons. The van der Waals surface area contributed by atoms with E-state index in [1.54, 1.807) is 30.3 Å². The second kappa shape index (κ2) is 10.00. The first-order chi connectivity index (χ1) is 13.8. The fraction of sp³-hybridized carbons (Fsp3) is 0. The summed E-state index contributed by atoms with van der Waals surface area (Å²) < 4.78 is 11.8. The number of carbonyl (C=O) groups is 2. The first-order valence-corrected chi connectivity index (χ1v) is 12.3. The van der Waals surface area contributed by atoms with E-state index in [1.165, 1.54) is 36.4 Å². The van der Waals surface area contributed by atoms with Crippen LogP contribution in [-0.2, 0) is 6.13 Å². The van der Waals surface area contributed by atoms with Crippen molar-refractivity contribution < 1.29 is 15.7 Å². The Morgan fingerprint density at radius 2 is 1.00 bits per heavy atom. The topological polar surface area (TPSA) is 52.6 Å². The molecule has 3 aromatic rings. The van der Waals surface area contributed by atoms with Gasteiger partial charge in [-0.05, 0) is 0 Å². The molecule has 0 aliphatic rings. The normalized spacial score (nSPS) is 11.0. The van der Waals surface area contributed by atoms with Gasteiger partial charge in [-0.2, -0.15) is 0 Å². The summed E-state index contributed by atoms with van der Waals surface area (Å²) in [5.41, 5.74) is 0.310. The van der Waals surface area contributed by atoms with Gasteiger partial charge in [-0.25, -0.2) is 0 Å². The molecule has 0 aromatic heterocycles. The summed E-state index contributed by atoms with van der Waals surface area (Å²) >= 11 is 20.6. The third kappa shape index (κ3) is 6.23. The molecule has 0 saturated heterocycles. The van der Waals surface area contributed by atoms with Crippen LogP contribution in [0.15, 0.2) is 66.7 Å². The summed E-state index contributed by atoms with van der Waals surface area (Å²) in [7, 11) is 0. The summed E-state index contributed by atoms with van der Waals surface area (Å²) in [6.07, 6.45) is 0.